The maximum atomic E-state index is 11.6. The summed E-state index contributed by atoms with van der Waals surface area (Å²) in [6.45, 7) is 1.55. The summed E-state index contributed by atoms with van der Waals surface area (Å²) in [5.74, 6) is -1.22. The first-order valence-electron chi connectivity index (χ1n) is 4.21. The molecule has 3 nitrogen and oxygen atoms in total. The number of hydrogen-bond donors (Lipinski definition) is 1. The summed E-state index contributed by atoms with van der Waals surface area (Å²) in [6.07, 6.45) is 0. The van der Waals surface area contributed by atoms with Crippen LogP contribution in [0.2, 0.25) is 0 Å². The van der Waals surface area contributed by atoms with Gasteiger partial charge in [-0.3, -0.25) is 4.79 Å². The second-order valence-corrected chi connectivity index (χ2v) is 3.18. The van der Waals surface area contributed by atoms with E-state index < -0.39 is 5.97 Å². The summed E-state index contributed by atoms with van der Waals surface area (Å²) in [5, 5.41) is 8.94. The lowest BCUT2D eigenvalue weighted by Crippen LogP contribution is -1.99. The Balaban J connectivity index is 2.73. The lowest BCUT2D eigenvalue weighted by molar-refractivity contribution is -0.130. The second kappa shape index (κ2) is 2.80. The highest BCUT2D eigenvalue weighted by molar-refractivity contribution is 6.32. The van der Waals surface area contributed by atoms with Crippen molar-refractivity contribution in [3.8, 4) is 0 Å². The summed E-state index contributed by atoms with van der Waals surface area (Å²) in [4.78, 5) is 22.5. The summed E-state index contributed by atoms with van der Waals surface area (Å²) >= 11 is 0. The molecule has 0 amide bonds. The fourth-order valence-electron chi connectivity index (χ4n) is 1.69. The van der Waals surface area contributed by atoms with Gasteiger partial charge < -0.3 is 5.11 Å². The number of rotatable bonds is 1. The fraction of sp³-hybridized carbons (Fsp3) is 0.0909. The van der Waals surface area contributed by atoms with Gasteiger partial charge in [0.05, 0.1) is 5.57 Å². The summed E-state index contributed by atoms with van der Waals surface area (Å²) in [7, 11) is 0. The molecule has 70 valence electrons. The molecular weight excluding hydrogens is 180 g/mol. The van der Waals surface area contributed by atoms with E-state index in [1.54, 1.807) is 31.2 Å². The molecule has 1 aromatic rings. The lowest BCUT2D eigenvalue weighted by Gasteiger charge is -1.98. The third-order valence-corrected chi connectivity index (χ3v) is 2.37. The topological polar surface area (TPSA) is 54.4 Å². The minimum absolute atomic E-state index is 0.130. The van der Waals surface area contributed by atoms with Gasteiger partial charge in [0.15, 0.2) is 5.78 Å². The van der Waals surface area contributed by atoms with Crippen LogP contribution in [0.1, 0.15) is 22.8 Å². The Morgan fingerprint density at radius 1 is 1.21 bits per heavy atom. The number of carboxylic acid groups (broad SMARTS) is 1. The van der Waals surface area contributed by atoms with Gasteiger partial charge in [0, 0.05) is 16.7 Å². The third-order valence-electron chi connectivity index (χ3n) is 2.37. The third kappa shape index (κ3) is 0.988. The van der Waals surface area contributed by atoms with Gasteiger partial charge in [-0.15, -0.1) is 0 Å². The molecule has 0 aromatic heterocycles. The Morgan fingerprint density at radius 3 is 2.36 bits per heavy atom. The monoisotopic (exact) mass is 188 g/mol. The predicted molar refractivity (Wildman–Crippen MR) is 51.0 cm³/mol. The first-order valence-corrected chi connectivity index (χ1v) is 4.21. The zero-order valence-corrected chi connectivity index (χ0v) is 7.57. The van der Waals surface area contributed by atoms with Crippen molar-refractivity contribution < 1.29 is 14.7 Å². The molecule has 0 unspecified atom stereocenters. The van der Waals surface area contributed by atoms with Crippen LogP contribution in [-0.2, 0) is 4.79 Å². The highest BCUT2D eigenvalue weighted by Crippen LogP contribution is 2.32. The number of Topliss-reactive ketones (excluding diaryl/α,β-unsaturated/α-hetero) is 1. The average molecular weight is 188 g/mol. The van der Waals surface area contributed by atoms with E-state index in [1.165, 1.54) is 0 Å². The summed E-state index contributed by atoms with van der Waals surface area (Å²) < 4.78 is 0. The number of ketones is 1. The summed E-state index contributed by atoms with van der Waals surface area (Å²) in [5.41, 5.74) is 1.47. The van der Waals surface area contributed by atoms with Crippen LogP contribution < -0.4 is 0 Å². The number of hydrogen-bond acceptors (Lipinski definition) is 2. The van der Waals surface area contributed by atoms with Crippen LogP contribution in [-0.4, -0.2) is 16.9 Å². The minimum atomic E-state index is -1.04. The van der Waals surface area contributed by atoms with Gasteiger partial charge in [0.2, 0.25) is 0 Å². The highest BCUT2D eigenvalue weighted by Gasteiger charge is 2.29. The molecule has 14 heavy (non-hydrogen) atoms. The number of allylic oxidation sites excluding steroid dienone is 1. The zero-order chi connectivity index (χ0) is 10.3. The van der Waals surface area contributed by atoms with E-state index >= 15 is 0 Å². The zero-order valence-electron chi connectivity index (χ0n) is 7.57. The molecular formula is C11H8O3. The molecule has 1 N–H and O–H groups in total. The van der Waals surface area contributed by atoms with Crippen LogP contribution >= 0.6 is 0 Å². The van der Waals surface area contributed by atoms with Crippen molar-refractivity contribution in [2.24, 2.45) is 0 Å². The largest absolute Gasteiger partial charge is 0.478 e. The molecule has 1 aliphatic rings. The SMILES string of the molecule is CC1=C(C(=O)O)c2ccccc2C1=O. The van der Waals surface area contributed by atoms with Gasteiger partial charge in [-0.25, -0.2) is 4.79 Å². The van der Waals surface area contributed by atoms with Crippen LogP contribution in [0.15, 0.2) is 29.8 Å². The molecule has 0 spiro atoms. The van der Waals surface area contributed by atoms with Crippen molar-refractivity contribution in [3.63, 3.8) is 0 Å². The van der Waals surface area contributed by atoms with Gasteiger partial charge in [0.25, 0.3) is 0 Å². The molecule has 0 fully saturated rings. The second-order valence-electron chi connectivity index (χ2n) is 3.18. The lowest BCUT2D eigenvalue weighted by atomic mass is 10.1. The molecule has 0 radical (unpaired) electrons. The molecule has 0 aliphatic heterocycles. The molecule has 0 bridgehead atoms. The number of carbonyl (C=O) groups excluding carboxylic acids is 1. The minimum Gasteiger partial charge on any atom is -0.478 e. The number of aliphatic carboxylic acids is 1. The van der Waals surface area contributed by atoms with Crippen LogP contribution in [0.3, 0.4) is 0 Å². The van der Waals surface area contributed by atoms with Crippen molar-refractivity contribution in [3.05, 3.63) is 41.0 Å². The van der Waals surface area contributed by atoms with Crippen molar-refractivity contribution >= 4 is 17.3 Å². The smallest absolute Gasteiger partial charge is 0.336 e. The average Bonchev–Trinajstić information content (AvgIpc) is 2.41. The Bertz CT molecular complexity index is 469. The maximum absolute atomic E-state index is 11.6. The molecule has 0 saturated heterocycles. The standard InChI is InChI=1S/C11H8O3/c1-6-9(11(13)14)7-4-2-3-5-8(7)10(6)12/h2-5H,1H3,(H,13,14). The Labute approximate surface area is 80.7 Å². The normalized spacial score (nSPS) is 14.5. The molecule has 0 atom stereocenters. The molecule has 1 aromatic carbocycles. The fourth-order valence-corrected chi connectivity index (χ4v) is 1.69. The number of carboxylic acids is 1. The van der Waals surface area contributed by atoms with Crippen molar-refractivity contribution in [1.82, 2.24) is 0 Å². The Kier molecular flexibility index (Phi) is 1.74. The van der Waals surface area contributed by atoms with E-state index in [9.17, 15) is 9.59 Å². The van der Waals surface area contributed by atoms with E-state index in [4.69, 9.17) is 5.11 Å². The van der Waals surface area contributed by atoms with Crippen LogP contribution in [0, 0.1) is 0 Å². The van der Waals surface area contributed by atoms with E-state index in [1.807, 2.05) is 0 Å². The number of carbonyl (C=O) groups is 2. The van der Waals surface area contributed by atoms with E-state index in [0.717, 1.165) is 0 Å². The summed E-state index contributed by atoms with van der Waals surface area (Å²) in [6, 6.07) is 6.77. The first-order chi connectivity index (χ1) is 6.63. The van der Waals surface area contributed by atoms with E-state index in [2.05, 4.69) is 0 Å². The van der Waals surface area contributed by atoms with Crippen molar-refractivity contribution in [2.75, 3.05) is 0 Å². The first kappa shape index (κ1) is 8.69. The Morgan fingerprint density at radius 2 is 1.79 bits per heavy atom. The van der Waals surface area contributed by atoms with Crippen LogP contribution in [0.25, 0.3) is 5.57 Å². The van der Waals surface area contributed by atoms with E-state index in [-0.39, 0.29) is 11.4 Å². The molecule has 1 aliphatic carbocycles. The van der Waals surface area contributed by atoms with Crippen LogP contribution in [0.4, 0.5) is 0 Å². The quantitative estimate of drug-likeness (QED) is 0.730. The van der Waals surface area contributed by atoms with Crippen molar-refractivity contribution in [1.29, 1.82) is 0 Å². The molecule has 3 heteroatoms. The van der Waals surface area contributed by atoms with Gasteiger partial charge in [-0.2, -0.15) is 0 Å². The predicted octanol–water partition coefficient (Wildman–Crippen LogP) is 1.74. The Hall–Kier alpha value is -1.90. The van der Waals surface area contributed by atoms with Crippen LogP contribution in [0.5, 0.6) is 0 Å². The molecule has 2 rings (SSSR count). The van der Waals surface area contributed by atoms with Gasteiger partial charge >= 0.3 is 5.97 Å². The van der Waals surface area contributed by atoms with E-state index in [0.29, 0.717) is 16.7 Å². The van der Waals surface area contributed by atoms with Gasteiger partial charge in [0.1, 0.15) is 0 Å². The molecule has 0 heterocycles. The number of fused-ring (bicyclic) bond motifs is 1. The molecule has 0 saturated carbocycles. The van der Waals surface area contributed by atoms with Crippen molar-refractivity contribution in [2.45, 2.75) is 6.92 Å². The number of benzene rings is 1. The van der Waals surface area contributed by atoms with Gasteiger partial charge in [-0.1, -0.05) is 24.3 Å². The van der Waals surface area contributed by atoms with Gasteiger partial charge in [-0.05, 0) is 6.92 Å². The highest BCUT2D eigenvalue weighted by atomic mass is 16.4. The maximum Gasteiger partial charge on any atom is 0.336 e.